The molecule has 0 aromatic carbocycles. The molecule has 0 aliphatic carbocycles. The van der Waals surface area contributed by atoms with Crippen molar-refractivity contribution in [2.75, 3.05) is 13.6 Å². The second kappa shape index (κ2) is 5.96. The summed E-state index contributed by atoms with van der Waals surface area (Å²) >= 11 is 3.39. The fourth-order valence-corrected chi connectivity index (χ4v) is 1.90. The first-order valence-electron chi connectivity index (χ1n) is 5.11. The molecule has 4 nitrogen and oxygen atoms in total. The molecule has 88 valence electrons. The topological polar surface area (TPSA) is 66.0 Å². The zero-order valence-electron chi connectivity index (χ0n) is 9.57. The number of hydrogen-bond donors (Lipinski definition) is 2. The predicted octanol–water partition coefficient (Wildman–Crippen LogP) is 1.85. The summed E-state index contributed by atoms with van der Waals surface area (Å²) in [5.41, 5.74) is 6.58. The van der Waals surface area contributed by atoms with Gasteiger partial charge in [-0.25, -0.2) is 0 Å². The Hall–Kier alpha value is -0.940. The fraction of sp³-hybridized carbons (Fsp3) is 0.455. The molecule has 5 heteroatoms. The first-order chi connectivity index (χ1) is 7.49. The van der Waals surface area contributed by atoms with Crippen LogP contribution in [-0.2, 0) is 6.54 Å². The molecule has 0 bridgehead atoms. The molecule has 0 spiro atoms. The zero-order valence-corrected chi connectivity index (χ0v) is 11.2. The lowest BCUT2D eigenvalue weighted by Crippen LogP contribution is -2.31. The van der Waals surface area contributed by atoms with Crippen molar-refractivity contribution < 1.29 is 0 Å². The highest BCUT2D eigenvalue weighted by atomic mass is 79.9. The van der Waals surface area contributed by atoms with Crippen LogP contribution in [0.2, 0.25) is 0 Å². The number of aromatic nitrogens is 1. The van der Waals surface area contributed by atoms with Gasteiger partial charge in [0.1, 0.15) is 0 Å². The minimum absolute atomic E-state index is 0.0881. The van der Waals surface area contributed by atoms with Crippen molar-refractivity contribution in [1.82, 2.24) is 9.88 Å². The van der Waals surface area contributed by atoms with Gasteiger partial charge in [-0.3, -0.25) is 10.4 Å². The third-order valence-electron chi connectivity index (χ3n) is 2.33. The van der Waals surface area contributed by atoms with E-state index >= 15 is 0 Å². The summed E-state index contributed by atoms with van der Waals surface area (Å²) in [7, 11) is 2.01. The van der Waals surface area contributed by atoms with E-state index in [1.165, 1.54) is 0 Å². The SMILES string of the molecule is CC(CN(C)Cc1cncc(Br)c1)C(=N)N. The summed E-state index contributed by atoms with van der Waals surface area (Å²) in [6.45, 7) is 3.55. The summed E-state index contributed by atoms with van der Waals surface area (Å²) < 4.78 is 0.984. The van der Waals surface area contributed by atoms with E-state index in [0.29, 0.717) is 0 Å². The predicted molar refractivity (Wildman–Crippen MR) is 69.3 cm³/mol. The van der Waals surface area contributed by atoms with E-state index in [1.54, 1.807) is 6.20 Å². The fourth-order valence-electron chi connectivity index (χ4n) is 1.48. The lowest BCUT2D eigenvalue weighted by molar-refractivity contribution is 0.306. The van der Waals surface area contributed by atoms with Crippen molar-refractivity contribution in [3.8, 4) is 0 Å². The lowest BCUT2D eigenvalue weighted by Gasteiger charge is -2.20. The van der Waals surface area contributed by atoms with Gasteiger partial charge in [-0.1, -0.05) is 6.92 Å². The van der Waals surface area contributed by atoms with Gasteiger partial charge in [0.05, 0.1) is 5.84 Å². The zero-order chi connectivity index (χ0) is 12.1. The molecule has 1 unspecified atom stereocenters. The van der Waals surface area contributed by atoms with Crippen molar-refractivity contribution in [3.05, 3.63) is 28.5 Å². The van der Waals surface area contributed by atoms with Gasteiger partial charge in [0.15, 0.2) is 0 Å². The van der Waals surface area contributed by atoms with E-state index < -0.39 is 0 Å². The summed E-state index contributed by atoms with van der Waals surface area (Å²) in [6.07, 6.45) is 3.61. The lowest BCUT2D eigenvalue weighted by atomic mass is 10.1. The Morgan fingerprint density at radius 1 is 1.62 bits per heavy atom. The number of halogens is 1. The molecule has 1 atom stereocenters. The van der Waals surface area contributed by atoms with Crippen molar-refractivity contribution in [2.45, 2.75) is 13.5 Å². The molecule has 0 aliphatic rings. The van der Waals surface area contributed by atoms with Crippen LogP contribution in [0.25, 0.3) is 0 Å². The molecule has 3 N–H and O–H groups in total. The maximum Gasteiger partial charge on any atom is 0.0947 e. The molecule has 1 heterocycles. The van der Waals surface area contributed by atoms with Crippen molar-refractivity contribution in [2.24, 2.45) is 11.7 Å². The Balaban J connectivity index is 2.51. The highest BCUT2D eigenvalue weighted by Crippen LogP contribution is 2.11. The van der Waals surface area contributed by atoms with E-state index in [0.717, 1.165) is 23.1 Å². The molecule has 0 fully saturated rings. The van der Waals surface area contributed by atoms with Crippen LogP contribution < -0.4 is 5.73 Å². The minimum atomic E-state index is 0.0881. The van der Waals surface area contributed by atoms with Gasteiger partial charge >= 0.3 is 0 Å². The third kappa shape index (κ3) is 4.28. The Kier molecular flexibility index (Phi) is 4.89. The number of amidine groups is 1. The van der Waals surface area contributed by atoms with Gasteiger partial charge in [0, 0.05) is 35.9 Å². The van der Waals surface area contributed by atoms with E-state index in [9.17, 15) is 0 Å². The standard InChI is InChI=1S/C11H17BrN4/c1-8(11(13)14)6-16(2)7-9-3-10(12)5-15-4-9/h3-5,8H,6-7H2,1-2H3,(H3,13,14). The minimum Gasteiger partial charge on any atom is -0.387 e. The molecule has 1 aromatic rings. The molecule has 1 aromatic heterocycles. The molecule has 0 amide bonds. The van der Waals surface area contributed by atoms with Crippen molar-refractivity contribution in [1.29, 1.82) is 5.41 Å². The molecule has 1 rings (SSSR count). The molecular formula is C11H17BrN4. The van der Waals surface area contributed by atoms with Crippen molar-refractivity contribution >= 4 is 21.8 Å². The number of nitrogens with zero attached hydrogens (tertiary/aromatic N) is 2. The monoisotopic (exact) mass is 284 g/mol. The number of rotatable bonds is 5. The molecule has 16 heavy (non-hydrogen) atoms. The molecule has 0 saturated carbocycles. The van der Waals surface area contributed by atoms with Crippen LogP contribution in [0.5, 0.6) is 0 Å². The second-order valence-corrected chi connectivity index (χ2v) is 4.98. The van der Waals surface area contributed by atoms with E-state index in [2.05, 4.69) is 25.8 Å². The average Bonchev–Trinajstić information content (AvgIpc) is 2.16. The summed E-state index contributed by atoms with van der Waals surface area (Å²) in [6, 6.07) is 2.04. The number of nitrogens with two attached hydrogens (primary N) is 1. The average molecular weight is 285 g/mol. The highest BCUT2D eigenvalue weighted by molar-refractivity contribution is 9.10. The van der Waals surface area contributed by atoms with Crippen LogP contribution in [-0.4, -0.2) is 29.3 Å². The van der Waals surface area contributed by atoms with Gasteiger partial charge in [-0.15, -0.1) is 0 Å². The molecule has 0 saturated heterocycles. The van der Waals surface area contributed by atoms with Crippen molar-refractivity contribution in [3.63, 3.8) is 0 Å². The Morgan fingerprint density at radius 2 is 2.31 bits per heavy atom. The Morgan fingerprint density at radius 3 is 2.88 bits per heavy atom. The van der Waals surface area contributed by atoms with Crippen LogP contribution in [0.4, 0.5) is 0 Å². The normalized spacial score (nSPS) is 12.8. The molecule has 0 radical (unpaired) electrons. The smallest absolute Gasteiger partial charge is 0.0947 e. The highest BCUT2D eigenvalue weighted by Gasteiger charge is 2.09. The molecule has 0 aliphatic heterocycles. The van der Waals surface area contributed by atoms with E-state index in [4.69, 9.17) is 11.1 Å². The Bertz CT molecular complexity index is 367. The van der Waals surface area contributed by atoms with E-state index in [-0.39, 0.29) is 11.8 Å². The maximum absolute atomic E-state index is 7.34. The second-order valence-electron chi connectivity index (χ2n) is 4.06. The summed E-state index contributed by atoms with van der Waals surface area (Å²) in [5.74, 6) is 0.323. The third-order valence-corrected chi connectivity index (χ3v) is 2.76. The van der Waals surface area contributed by atoms with Crippen LogP contribution in [0, 0.1) is 11.3 Å². The number of nitrogens with one attached hydrogen (secondary N) is 1. The Labute approximate surface area is 104 Å². The van der Waals surface area contributed by atoms with Gasteiger partial charge < -0.3 is 10.6 Å². The van der Waals surface area contributed by atoms with Gasteiger partial charge in [-0.05, 0) is 34.6 Å². The quantitative estimate of drug-likeness (QED) is 0.641. The molecular weight excluding hydrogens is 268 g/mol. The van der Waals surface area contributed by atoms with Gasteiger partial charge in [0.25, 0.3) is 0 Å². The number of pyridine rings is 1. The number of hydrogen-bond acceptors (Lipinski definition) is 3. The summed E-state index contributed by atoms with van der Waals surface area (Å²) in [5, 5.41) is 7.34. The largest absolute Gasteiger partial charge is 0.387 e. The van der Waals surface area contributed by atoms with E-state index in [1.807, 2.05) is 26.2 Å². The first-order valence-corrected chi connectivity index (χ1v) is 5.90. The summed E-state index contributed by atoms with van der Waals surface area (Å²) in [4.78, 5) is 6.25. The van der Waals surface area contributed by atoms with Gasteiger partial charge in [0.2, 0.25) is 0 Å². The van der Waals surface area contributed by atoms with Crippen LogP contribution in [0.3, 0.4) is 0 Å². The first kappa shape index (κ1) is 13.1. The van der Waals surface area contributed by atoms with Crippen LogP contribution in [0.1, 0.15) is 12.5 Å². The maximum atomic E-state index is 7.34. The van der Waals surface area contributed by atoms with Crippen LogP contribution >= 0.6 is 15.9 Å². The van der Waals surface area contributed by atoms with Gasteiger partial charge in [-0.2, -0.15) is 0 Å². The van der Waals surface area contributed by atoms with Crippen LogP contribution in [0.15, 0.2) is 22.9 Å².